The third-order valence-electron chi connectivity index (χ3n) is 5.59. The number of likely N-dealkylation sites (N-methyl/N-ethyl adjacent to an activating group) is 1. The Morgan fingerprint density at radius 2 is 1.58 bits per heavy atom. The second kappa shape index (κ2) is 9.18. The van der Waals surface area contributed by atoms with Crippen LogP contribution in [-0.4, -0.2) is 72.1 Å². The van der Waals surface area contributed by atoms with E-state index in [1.54, 1.807) is 19.1 Å². The van der Waals surface area contributed by atoms with Crippen molar-refractivity contribution in [2.24, 2.45) is 4.99 Å². The summed E-state index contributed by atoms with van der Waals surface area (Å²) in [7, 11) is 3.34. The van der Waals surface area contributed by atoms with Crippen LogP contribution in [0, 0.1) is 0 Å². The van der Waals surface area contributed by atoms with Crippen molar-refractivity contribution in [2.75, 3.05) is 27.3 Å². The van der Waals surface area contributed by atoms with Crippen molar-refractivity contribution < 1.29 is 14.3 Å². The van der Waals surface area contributed by atoms with Gasteiger partial charge >= 0.3 is 6.03 Å². The predicted molar refractivity (Wildman–Crippen MR) is 117 cm³/mol. The lowest BCUT2D eigenvalue weighted by Gasteiger charge is -2.41. The topological polar surface area (TPSA) is 77.5 Å². The Bertz CT molecular complexity index is 950. The van der Waals surface area contributed by atoms with Crippen LogP contribution in [0.4, 0.5) is 4.79 Å². The summed E-state index contributed by atoms with van der Waals surface area (Å²) in [4.78, 5) is 36.1. The summed E-state index contributed by atoms with van der Waals surface area (Å²) in [5, 5.41) is 3.30. The highest BCUT2D eigenvalue weighted by Crippen LogP contribution is 2.27. The number of guanidine groups is 1. The van der Waals surface area contributed by atoms with E-state index in [-0.39, 0.29) is 18.5 Å². The maximum absolute atomic E-state index is 13.6. The summed E-state index contributed by atoms with van der Waals surface area (Å²) in [6.07, 6.45) is -0.475. The average molecular weight is 422 g/mol. The zero-order chi connectivity index (χ0) is 21.8. The Morgan fingerprint density at radius 3 is 2.19 bits per heavy atom. The highest BCUT2D eigenvalue weighted by atomic mass is 16.5. The molecule has 0 aromatic heterocycles. The summed E-state index contributed by atoms with van der Waals surface area (Å²) in [6.45, 7) is 1.68. The molecule has 2 saturated heterocycles. The van der Waals surface area contributed by atoms with Crippen molar-refractivity contribution >= 4 is 17.9 Å². The van der Waals surface area contributed by atoms with Gasteiger partial charge < -0.3 is 19.9 Å². The molecule has 2 unspecified atom stereocenters. The molecule has 8 heteroatoms. The lowest BCUT2D eigenvalue weighted by molar-refractivity contribution is -0.138. The molecule has 2 aromatic carbocycles. The fourth-order valence-electron chi connectivity index (χ4n) is 3.98. The number of aliphatic imine (C=N–C) groups is 1. The number of urea groups is 1. The van der Waals surface area contributed by atoms with Crippen LogP contribution in [0.3, 0.4) is 0 Å². The molecule has 2 aliphatic rings. The molecular weight excluding hydrogens is 394 g/mol. The fourth-order valence-corrected chi connectivity index (χ4v) is 3.98. The van der Waals surface area contributed by atoms with Gasteiger partial charge in [-0.2, -0.15) is 0 Å². The van der Waals surface area contributed by atoms with Gasteiger partial charge in [0.2, 0.25) is 0 Å². The first-order valence-electron chi connectivity index (χ1n) is 10.3. The molecule has 0 bridgehead atoms. The number of ether oxygens (including phenoxy) is 1. The van der Waals surface area contributed by atoms with Crippen LogP contribution in [0.15, 0.2) is 65.7 Å². The highest BCUT2D eigenvalue weighted by molar-refractivity contribution is 6.04. The molecule has 0 spiro atoms. The largest absolute Gasteiger partial charge is 0.383 e. The van der Waals surface area contributed by atoms with Crippen LogP contribution < -0.4 is 5.32 Å². The summed E-state index contributed by atoms with van der Waals surface area (Å²) in [6, 6.07) is 18.6. The summed E-state index contributed by atoms with van der Waals surface area (Å²) < 4.78 is 5.12. The second-order valence-corrected chi connectivity index (χ2v) is 7.65. The van der Waals surface area contributed by atoms with Gasteiger partial charge in [0.15, 0.2) is 12.0 Å². The van der Waals surface area contributed by atoms with Crippen molar-refractivity contribution in [1.29, 1.82) is 0 Å². The molecule has 2 atom stereocenters. The van der Waals surface area contributed by atoms with Crippen molar-refractivity contribution in [2.45, 2.75) is 25.3 Å². The number of fused-ring (bicyclic) bond motifs is 1. The molecule has 2 fully saturated rings. The van der Waals surface area contributed by atoms with Crippen LogP contribution >= 0.6 is 0 Å². The minimum Gasteiger partial charge on any atom is -0.383 e. The second-order valence-electron chi connectivity index (χ2n) is 7.65. The van der Waals surface area contributed by atoms with E-state index in [9.17, 15) is 9.59 Å². The molecule has 0 saturated carbocycles. The number of methoxy groups -OCH3 is 1. The van der Waals surface area contributed by atoms with Crippen LogP contribution in [0.1, 0.15) is 11.1 Å². The first kappa shape index (κ1) is 20.9. The number of hydrogen-bond acceptors (Lipinski definition) is 4. The molecule has 0 radical (unpaired) electrons. The fraction of sp³-hybridized carbons (Fsp3) is 0.348. The Morgan fingerprint density at radius 1 is 0.968 bits per heavy atom. The zero-order valence-corrected chi connectivity index (χ0v) is 17.8. The van der Waals surface area contributed by atoms with Gasteiger partial charge in [-0.3, -0.25) is 14.7 Å². The normalized spacial score (nSPS) is 22.1. The number of amides is 3. The Kier molecular flexibility index (Phi) is 6.18. The predicted octanol–water partition coefficient (Wildman–Crippen LogP) is 1.88. The molecule has 2 aliphatic heterocycles. The maximum Gasteiger partial charge on any atom is 0.328 e. The molecule has 1 N–H and O–H groups in total. The molecule has 2 heterocycles. The highest BCUT2D eigenvalue weighted by Gasteiger charge is 2.52. The molecular formula is C23H27N5O3. The minimum atomic E-state index is -0.562. The van der Waals surface area contributed by atoms with E-state index in [0.717, 1.165) is 11.1 Å². The van der Waals surface area contributed by atoms with E-state index in [1.165, 1.54) is 4.90 Å². The SMILES string of the molecule is COCCN=C1NC2C(C(=O)N(Cc3ccccc3)C(=O)N2C)N1Cc1ccccc1. The summed E-state index contributed by atoms with van der Waals surface area (Å²) >= 11 is 0. The monoisotopic (exact) mass is 421 g/mol. The van der Waals surface area contributed by atoms with Crippen LogP contribution in [0.2, 0.25) is 0 Å². The number of nitrogens with zero attached hydrogens (tertiary/aromatic N) is 4. The number of nitrogens with one attached hydrogen (secondary N) is 1. The van der Waals surface area contributed by atoms with Gasteiger partial charge in [-0.15, -0.1) is 0 Å². The summed E-state index contributed by atoms with van der Waals surface area (Å²) in [5.74, 6) is 0.378. The first-order valence-corrected chi connectivity index (χ1v) is 10.3. The molecule has 2 aromatic rings. The summed E-state index contributed by atoms with van der Waals surface area (Å²) in [5.41, 5.74) is 1.97. The van der Waals surface area contributed by atoms with E-state index < -0.39 is 12.2 Å². The molecule has 8 nitrogen and oxygen atoms in total. The Balaban J connectivity index is 1.65. The molecule has 162 valence electrons. The number of hydrogen-bond donors (Lipinski definition) is 1. The van der Waals surface area contributed by atoms with Crippen molar-refractivity contribution in [3.8, 4) is 0 Å². The molecule has 0 aliphatic carbocycles. The first-order chi connectivity index (χ1) is 15.1. The van der Waals surface area contributed by atoms with Crippen LogP contribution in [-0.2, 0) is 22.6 Å². The molecule has 31 heavy (non-hydrogen) atoms. The molecule has 4 rings (SSSR count). The quantitative estimate of drug-likeness (QED) is 0.691. The smallest absolute Gasteiger partial charge is 0.328 e. The van der Waals surface area contributed by atoms with Gasteiger partial charge in [0.1, 0.15) is 6.17 Å². The van der Waals surface area contributed by atoms with Crippen molar-refractivity contribution in [3.63, 3.8) is 0 Å². The van der Waals surface area contributed by atoms with E-state index in [0.29, 0.717) is 25.7 Å². The maximum atomic E-state index is 13.6. The van der Waals surface area contributed by atoms with Crippen LogP contribution in [0.25, 0.3) is 0 Å². The number of carbonyl (C=O) groups excluding carboxylic acids is 2. The van der Waals surface area contributed by atoms with Crippen LogP contribution in [0.5, 0.6) is 0 Å². The lowest BCUT2D eigenvalue weighted by atomic mass is 10.1. The number of imide groups is 1. The third-order valence-corrected chi connectivity index (χ3v) is 5.59. The van der Waals surface area contributed by atoms with E-state index in [2.05, 4.69) is 10.3 Å². The average Bonchev–Trinajstić information content (AvgIpc) is 3.15. The van der Waals surface area contributed by atoms with Crippen molar-refractivity contribution in [1.82, 2.24) is 20.0 Å². The Labute approximate surface area is 182 Å². The van der Waals surface area contributed by atoms with E-state index >= 15 is 0 Å². The van der Waals surface area contributed by atoms with Gasteiger partial charge in [-0.25, -0.2) is 4.79 Å². The standard InChI is InChI=1S/C23H27N5O3/c1-26-20-19(21(29)28(23(26)30)16-18-11-7-4-8-12-18)27(15-17-9-5-3-6-10-17)22(25-20)24-13-14-31-2/h3-12,19-20H,13-16H2,1-2H3,(H,24,25). The van der Waals surface area contributed by atoms with Gasteiger partial charge in [-0.05, 0) is 11.1 Å². The minimum absolute atomic E-state index is 0.225. The van der Waals surface area contributed by atoms with E-state index in [4.69, 9.17) is 4.74 Å². The van der Waals surface area contributed by atoms with E-state index in [1.807, 2.05) is 65.6 Å². The number of rotatable bonds is 7. The number of benzene rings is 2. The van der Waals surface area contributed by atoms with Gasteiger partial charge in [0.05, 0.1) is 19.7 Å². The third kappa shape index (κ3) is 4.25. The Hall–Kier alpha value is -3.39. The lowest BCUT2D eigenvalue weighted by Crippen LogP contribution is -2.65. The molecule has 3 amide bonds. The number of carbonyl (C=O) groups is 2. The van der Waals surface area contributed by atoms with Gasteiger partial charge in [0, 0.05) is 20.7 Å². The van der Waals surface area contributed by atoms with Gasteiger partial charge in [-0.1, -0.05) is 60.7 Å². The van der Waals surface area contributed by atoms with Crippen molar-refractivity contribution in [3.05, 3.63) is 71.8 Å². The van der Waals surface area contributed by atoms with Gasteiger partial charge in [0.25, 0.3) is 5.91 Å². The zero-order valence-electron chi connectivity index (χ0n) is 17.8.